The van der Waals surface area contributed by atoms with E-state index in [0.29, 0.717) is 16.3 Å². The van der Waals surface area contributed by atoms with Crippen LogP contribution in [0, 0.1) is 11.3 Å². The van der Waals surface area contributed by atoms with Gasteiger partial charge in [-0.15, -0.1) is 11.8 Å². The zero-order chi connectivity index (χ0) is 18.6. The second kappa shape index (κ2) is 7.63. The fraction of sp³-hybridized carbons (Fsp3) is 0.100. The quantitative estimate of drug-likeness (QED) is 0.534. The van der Waals surface area contributed by atoms with Gasteiger partial charge in [0.25, 0.3) is 0 Å². The molecule has 26 heavy (non-hydrogen) atoms. The summed E-state index contributed by atoms with van der Waals surface area (Å²) in [6.07, 6.45) is -4.41. The van der Waals surface area contributed by atoms with Crippen molar-refractivity contribution < 1.29 is 13.2 Å². The van der Waals surface area contributed by atoms with Crippen LogP contribution < -0.4 is 0 Å². The summed E-state index contributed by atoms with van der Waals surface area (Å²) in [6.45, 7) is 0. The first-order valence-electron chi connectivity index (χ1n) is 7.73. The molecule has 0 spiro atoms. The van der Waals surface area contributed by atoms with Gasteiger partial charge < -0.3 is 0 Å². The molecule has 0 bridgehead atoms. The Kier molecular flexibility index (Phi) is 5.29. The predicted molar refractivity (Wildman–Crippen MR) is 95.4 cm³/mol. The maximum atomic E-state index is 13.1. The van der Waals surface area contributed by atoms with E-state index in [0.717, 1.165) is 23.4 Å². The molecule has 0 saturated heterocycles. The Balaban J connectivity index is 1.90. The van der Waals surface area contributed by atoms with E-state index in [1.54, 1.807) is 18.2 Å². The van der Waals surface area contributed by atoms with Crippen LogP contribution >= 0.6 is 11.8 Å². The molecule has 0 unspecified atom stereocenters. The molecule has 0 atom stereocenters. The highest BCUT2D eigenvalue weighted by Crippen LogP contribution is 2.35. The Hall–Kier alpha value is -2.78. The number of hydrogen-bond acceptors (Lipinski definition) is 3. The molecule has 0 N–H and O–H groups in total. The van der Waals surface area contributed by atoms with E-state index in [1.165, 1.54) is 12.1 Å². The van der Waals surface area contributed by atoms with Crippen LogP contribution in [0.4, 0.5) is 13.2 Å². The molecule has 0 aliphatic heterocycles. The summed E-state index contributed by atoms with van der Waals surface area (Å²) in [6, 6.07) is 20.3. The molecule has 0 aliphatic carbocycles. The van der Waals surface area contributed by atoms with Gasteiger partial charge in [0.15, 0.2) is 0 Å². The van der Waals surface area contributed by atoms with Gasteiger partial charge >= 0.3 is 6.18 Å². The van der Waals surface area contributed by atoms with Crippen molar-refractivity contribution in [2.45, 2.75) is 17.0 Å². The Bertz CT molecular complexity index is 947. The number of benzene rings is 2. The topological polar surface area (TPSA) is 36.7 Å². The third-order valence-corrected chi connectivity index (χ3v) is 4.78. The lowest BCUT2D eigenvalue weighted by Crippen LogP contribution is -2.08. The number of aromatic nitrogens is 1. The van der Waals surface area contributed by atoms with E-state index in [1.807, 2.05) is 36.4 Å². The first-order valence-corrected chi connectivity index (χ1v) is 8.72. The van der Waals surface area contributed by atoms with Crippen LogP contribution in [0.5, 0.6) is 0 Å². The van der Waals surface area contributed by atoms with Crippen LogP contribution in [0.1, 0.15) is 16.7 Å². The average molecular weight is 370 g/mol. The molecule has 0 radical (unpaired) electrons. The minimum absolute atomic E-state index is 0.0790. The molecule has 3 rings (SSSR count). The van der Waals surface area contributed by atoms with Gasteiger partial charge in [0.1, 0.15) is 11.1 Å². The average Bonchev–Trinajstić information content (AvgIpc) is 2.66. The second-order valence-electron chi connectivity index (χ2n) is 5.47. The molecule has 0 fully saturated rings. The van der Waals surface area contributed by atoms with E-state index in [9.17, 15) is 18.4 Å². The van der Waals surface area contributed by atoms with Crippen molar-refractivity contribution in [3.05, 3.63) is 83.4 Å². The monoisotopic (exact) mass is 370 g/mol. The largest absolute Gasteiger partial charge is 0.416 e. The zero-order valence-corrected chi connectivity index (χ0v) is 14.3. The summed E-state index contributed by atoms with van der Waals surface area (Å²) in [5.74, 6) is 0.0790. The summed E-state index contributed by atoms with van der Waals surface area (Å²) >= 11 is 1.13. The summed E-state index contributed by atoms with van der Waals surface area (Å²) in [4.78, 5) is 4.48. The van der Waals surface area contributed by atoms with Crippen LogP contribution in [-0.4, -0.2) is 4.98 Å². The van der Waals surface area contributed by atoms with Crippen LogP contribution in [-0.2, 0) is 11.9 Å². The predicted octanol–water partition coefficient (Wildman–Crippen LogP) is 5.93. The number of nitriles is 1. The van der Waals surface area contributed by atoms with Crippen molar-refractivity contribution in [2.75, 3.05) is 0 Å². The van der Waals surface area contributed by atoms with E-state index >= 15 is 0 Å². The number of thioether (sulfide) groups is 1. The molecule has 0 amide bonds. The van der Waals surface area contributed by atoms with Gasteiger partial charge in [-0.2, -0.15) is 18.4 Å². The first-order chi connectivity index (χ1) is 12.5. The van der Waals surface area contributed by atoms with Gasteiger partial charge in [-0.1, -0.05) is 48.5 Å². The molecular weight excluding hydrogens is 357 g/mol. The van der Waals surface area contributed by atoms with Crippen molar-refractivity contribution in [1.29, 1.82) is 5.26 Å². The molecular formula is C20H13F3N2S. The Morgan fingerprint density at radius 1 is 0.923 bits per heavy atom. The van der Waals surface area contributed by atoms with Crippen LogP contribution in [0.25, 0.3) is 11.3 Å². The minimum atomic E-state index is -4.41. The molecule has 1 heterocycles. The fourth-order valence-corrected chi connectivity index (χ4v) is 3.45. The van der Waals surface area contributed by atoms with E-state index in [4.69, 9.17) is 0 Å². The zero-order valence-electron chi connectivity index (χ0n) is 13.5. The van der Waals surface area contributed by atoms with E-state index in [-0.39, 0.29) is 11.3 Å². The van der Waals surface area contributed by atoms with E-state index < -0.39 is 11.7 Å². The van der Waals surface area contributed by atoms with Crippen molar-refractivity contribution in [1.82, 2.24) is 4.98 Å². The SMILES string of the molecule is N#Cc1ccc(-c2ccccc2)nc1SCc1ccccc1C(F)(F)F. The number of hydrogen-bond donors (Lipinski definition) is 0. The number of rotatable bonds is 4. The lowest BCUT2D eigenvalue weighted by Gasteiger charge is -2.12. The van der Waals surface area contributed by atoms with E-state index in [2.05, 4.69) is 4.98 Å². The maximum Gasteiger partial charge on any atom is 0.416 e. The van der Waals surface area contributed by atoms with Gasteiger partial charge in [-0.05, 0) is 23.8 Å². The molecule has 0 aliphatic rings. The van der Waals surface area contributed by atoms with Crippen LogP contribution in [0.3, 0.4) is 0 Å². The Morgan fingerprint density at radius 3 is 2.31 bits per heavy atom. The normalized spacial score (nSPS) is 11.2. The van der Waals surface area contributed by atoms with Crippen LogP contribution in [0.15, 0.2) is 71.8 Å². The Labute approximate surface area is 153 Å². The van der Waals surface area contributed by atoms with Crippen LogP contribution in [0.2, 0.25) is 0 Å². The molecule has 130 valence electrons. The molecule has 0 saturated carbocycles. The molecule has 2 nitrogen and oxygen atoms in total. The summed E-state index contributed by atoms with van der Waals surface area (Å²) in [5.41, 5.74) is 1.41. The third kappa shape index (κ3) is 4.06. The highest BCUT2D eigenvalue weighted by Gasteiger charge is 2.32. The summed E-state index contributed by atoms with van der Waals surface area (Å²) in [7, 11) is 0. The third-order valence-electron chi connectivity index (χ3n) is 3.74. The molecule has 2 aromatic carbocycles. The Morgan fingerprint density at radius 2 is 1.62 bits per heavy atom. The first kappa shape index (κ1) is 18.0. The van der Waals surface area contributed by atoms with Crippen molar-refractivity contribution in [2.24, 2.45) is 0 Å². The van der Waals surface area contributed by atoms with Gasteiger partial charge in [-0.3, -0.25) is 0 Å². The lowest BCUT2D eigenvalue weighted by molar-refractivity contribution is -0.138. The molecule has 3 aromatic rings. The number of pyridine rings is 1. The van der Waals surface area contributed by atoms with Crippen molar-refractivity contribution in [3.63, 3.8) is 0 Å². The fourth-order valence-electron chi connectivity index (χ4n) is 2.47. The summed E-state index contributed by atoms with van der Waals surface area (Å²) < 4.78 is 39.4. The standard InChI is InChI=1S/C20H13F3N2S/c21-20(22,23)17-9-5-4-8-16(17)13-26-19-15(12-24)10-11-18(25-19)14-6-2-1-3-7-14/h1-11H,13H2. The van der Waals surface area contributed by atoms with Crippen molar-refractivity contribution in [3.8, 4) is 17.3 Å². The highest BCUT2D eigenvalue weighted by atomic mass is 32.2. The second-order valence-corrected chi connectivity index (χ2v) is 6.43. The number of halogens is 3. The minimum Gasteiger partial charge on any atom is -0.240 e. The van der Waals surface area contributed by atoms with Crippen molar-refractivity contribution >= 4 is 11.8 Å². The van der Waals surface area contributed by atoms with Gasteiger partial charge in [0, 0.05) is 11.3 Å². The van der Waals surface area contributed by atoms with Gasteiger partial charge in [0.05, 0.1) is 16.8 Å². The molecule has 1 aromatic heterocycles. The van der Waals surface area contributed by atoms with Gasteiger partial charge in [-0.25, -0.2) is 4.98 Å². The summed E-state index contributed by atoms with van der Waals surface area (Å²) in [5, 5.41) is 9.70. The number of alkyl halides is 3. The van der Waals surface area contributed by atoms with Gasteiger partial charge in [0.2, 0.25) is 0 Å². The smallest absolute Gasteiger partial charge is 0.240 e. The highest BCUT2D eigenvalue weighted by molar-refractivity contribution is 7.98. The lowest BCUT2D eigenvalue weighted by atomic mass is 10.1. The molecule has 6 heteroatoms. The maximum absolute atomic E-state index is 13.1. The number of nitrogens with zero attached hydrogens (tertiary/aromatic N) is 2.